The van der Waals surface area contributed by atoms with E-state index in [1.54, 1.807) is 17.0 Å². The lowest BCUT2D eigenvalue weighted by molar-refractivity contribution is -0.0320. The first-order valence-corrected chi connectivity index (χ1v) is 7.48. The van der Waals surface area contributed by atoms with E-state index in [9.17, 15) is 14.3 Å². The summed E-state index contributed by atoms with van der Waals surface area (Å²) >= 11 is 0. The van der Waals surface area contributed by atoms with Crippen molar-refractivity contribution in [3.63, 3.8) is 0 Å². The molecular formula is C16H23FN2O3. The minimum Gasteiger partial charge on any atom is -0.444 e. The minimum absolute atomic E-state index is 0.203. The highest BCUT2D eigenvalue weighted by Gasteiger charge is 2.36. The molecule has 1 aliphatic heterocycles. The molecule has 1 amide bonds. The van der Waals surface area contributed by atoms with Gasteiger partial charge >= 0.3 is 6.09 Å². The third kappa shape index (κ3) is 4.40. The summed E-state index contributed by atoms with van der Waals surface area (Å²) in [4.78, 5) is 17.2. The van der Waals surface area contributed by atoms with Gasteiger partial charge < -0.3 is 14.7 Å². The van der Waals surface area contributed by atoms with Gasteiger partial charge in [-0.3, -0.25) is 0 Å². The van der Waals surface area contributed by atoms with Gasteiger partial charge in [-0.2, -0.15) is 4.39 Å². The fraction of sp³-hybridized carbons (Fsp3) is 0.625. The van der Waals surface area contributed by atoms with E-state index in [1.807, 2.05) is 20.8 Å². The first-order valence-electron chi connectivity index (χ1n) is 7.48. The number of carbonyl (C=O) groups excluding carboxylic acids is 1. The second kappa shape index (κ2) is 6.20. The lowest BCUT2D eigenvalue weighted by atomic mass is 9.86. The summed E-state index contributed by atoms with van der Waals surface area (Å²) in [6.07, 6.45) is 1.99. The number of halogens is 1. The molecule has 22 heavy (non-hydrogen) atoms. The van der Waals surface area contributed by atoms with Gasteiger partial charge in [0.15, 0.2) is 0 Å². The van der Waals surface area contributed by atoms with Crippen molar-refractivity contribution < 1.29 is 19.0 Å². The predicted octanol–water partition coefficient (Wildman–Crippen LogP) is 2.53. The number of nitrogens with zero attached hydrogens (tertiary/aromatic N) is 2. The topological polar surface area (TPSA) is 62.7 Å². The maximum atomic E-state index is 13.6. The summed E-state index contributed by atoms with van der Waals surface area (Å²) < 4.78 is 18.9. The summed E-state index contributed by atoms with van der Waals surface area (Å²) in [7, 11) is 0. The van der Waals surface area contributed by atoms with Gasteiger partial charge in [-0.25, -0.2) is 9.78 Å². The lowest BCUT2D eigenvalue weighted by Crippen LogP contribution is -2.49. The predicted molar refractivity (Wildman–Crippen MR) is 79.9 cm³/mol. The SMILES string of the molecule is CC(C)(C)OC(=O)N1CCC(O)(Cc2cccnc2F)CC1. The summed E-state index contributed by atoms with van der Waals surface area (Å²) in [6, 6.07) is 3.28. The van der Waals surface area contributed by atoms with E-state index in [2.05, 4.69) is 4.98 Å². The first kappa shape index (κ1) is 16.7. The number of likely N-dealkylation sites (tertiary alicyclic amines) is 1. The smallest absolute Gasteiger partial charge is 0.410 e. The zero-order chi connectivity index (χ0) is 16.4. The van der Waals surface area contributed by atoms with E-state index >= 15 is 0 Å². The van der Waals surface area contributed by atoms with Crippen molar-refractivity contribution in [1.29, 1.82) is 0 Å². The van der Waals surface area contributed by atoms with Crippen LogP contribution in [-0.4, -0.2) is 45.4 Å². The van der Waals surface area contributed by atoms with Crippen LogP contribution in [0.25, 0.3) is 0 Å². The molecule has 0 atom stereocenters. The summed E-state index contributed by atoms with van der Waals surface area (Å²) in [5, 5.41) is 10.6. The minimum atomic E-state index is -1.01. The molecule has 0 spiro atoms. The third-order valence-corrected chi connectivity index (χ3v) is 3.70. The molecule has 1 aliphatic rings. The Morgan fingerprint density at radius 3 is 2.64 bits per heavy atom. The highest BCUT2D eigenvalue weighted by atomic mass is 19.1. The van der Waals surface area contributed by atoms with Gasteiger partial charge in [0.25, 0.3) is 0 Å². The molecule has 6 heteroatoms. The van der Waals surface area contributed by atoms with Crippen molar-refractivity contribution in [2.45, 2.75) is 51.2 Å². The molecule has 0 saturated carbocycles. The second-order valence-electron chi connectivity index (χ2n) is 6.82. The molecule has 1 aromatic heterocycles. The Morgan fingerprint density at radius 1 is 1.45 bits per heavy atom. The van der Waals surface area contributed by atoms with E-state index in [4.69, 9.17) is 4.74 Å². The van der Waals surface area contributed by atoms with Crippen molar-refractivity contribution in [3.8, 4) is 0 Å². The molecule has 0 radical (unpaired) electrons. The normalized spacial score (nSPS) is 18.1. The zero-order valence-electron chi connectivity index (χ0n) is 13.3. The number of carbonyl (C=O) groups is 1. The van der Waals surface area contributed by atoms with Crippen molar-refractivity contribution in [2.75, 3.05) is 13.1 Å². The van der Waals surface area contributed by atoms with Crippen molar-refractivity contribution in [2.24, 2.45) is 0 Å². The number of aromatic nitrogens is 1. The van der Waals surface area contributed by atoms with Crippen LogP contribution in [-0.2, 0) is 11.2 Å². The number of aliphatic hydroxyl groups is 1. The fourth-order valence-corrected chi connectivity index (χ4v) is 2.51. The Balaban J connectivity index is 1.93. The quantitative estimate of drug-likeness (QED) is 0.853. The molecule has 2 heterocycles. The second-order valence-corrected chi connectivity index (χ2v) is 6.82. The Hall–Kier alpha value is -1.69. The van der Waals surface area contributed by atoms with Crippen LogP contribution in [0.15, 0.2) is 18.3 Å². The van der Waals surface area contributed by atoms with E-state index in [1.165, 1.54) is 6.20 Å². The largest absolute Gasteiger partial charge is 0.444 e. The number of rotatable bonds is 2. The molecule has 0 aromatic carbocycles. The summed E-state index contributed by atoms with van der Waals surface area (Å²) in [6.45, 7) is 6.24. The zero-order valence-corrected chi connectivity index (χ0v) is 13.3. The van der Waals surface area contributed by atoms with Crippen LogP contribution in [0.5, 0.6) is 0 Å². The number of ether oxygens (including phenoxy) is 1. The van der Waals surface area contributed by atoms with Crippen LogP contribution < -0.4 is 0 Å². The fourth-order valence-electron chi connectivity index (χ4n) is 2.51. The number of amides is 1. The molecule has 1 N–H and O–H groups in total. The number of hydrogen-bond donors (Lipinski definition) is 1. The summed E-state index contributed by atoms with van der Waals surface area (Å²) in [5.41, 5.74) is -1.15. The maximum Gasteiger partial charge on any atom is 0.410 e. The molecule has 1 aromatic rings. The standard InChI is InChI=1S/C16H23FN2O3/c1-15(2,3)22-14(20)19-9-6-16(21,7-10-19)11-12-5-4-8-18-13(12)17/h4-5,8,21H,6-7,9-11H2,1-3H3. The molecule has 2 rings (SSSR count). The lowest BCUT2D eigenvalue weighted by Gasteiger charge is -2.38. The highest BCUT2D eigenvalue weighted by molar-refractivity contribution is 5.68. The van der Waals surface area contributed by atoms with Crippen LogP contribution >= 0.6 is 0 Å². The number of pyridine rings is 1. The maximum absolute atomic E-state index is 13.6. The Bertz CT molecular complexity index is 534. The van der Waals surface area contributed by atoms with Crippen LogP contribution in [0.1, 0.15) is 39.2 Å². The third-order valence-electron chi connectivity index (χ3n) is 3.70. The molecule has 1 saturated heterocycles. The van der Waals surface area contributed by atoms with Gasteiger partial charge in [-0.05, 0) is 39.7 Å². The Labute approximate surface area is 130 Å². The molecule has 0 unspecified atom stereocenters. The van der Waals surface area contributed by atoms with Gasteiger partial charge in [0.2, 0.25) is 5.95 Å². The molecule has 0 bridgehead atoms. The molecule has 0 aliphatic carbocycles. The van der Waals surface area contributed by atoms with Crippen LogP contribution in [0, 0.1) is 5.95 Å². The molecular weight excluding hydrogens is 287 g/mol. The average molecular weight is 310 g/mol. The van der Waals surface area contributed by atoms with Gasteiger partial charge in [-0.15, -0.1) is 0 Å². The number of hydrogen-bond acceptors (Lipinski definition) is 4. The average Bonchev–Trinajstić information content (AvgIpc) is 2.40. The molecule has 1 fully saturated rings. The highest BCUT2D eigenvalue weighted by Crippen LogP contribution is 2.27. The van der Waals surface area contributed by atoms with Gasteiger partial charge in [0, 0.05) is 31.3 Å². The first-order chi connectivity index (χ1) is 10.2. The van der Waals surface area contributed by atoms with Gasteiger partial charge in [-0.1, -0.05) is 6.07 Å². The van der Waals surface area contributed by atoms with E-state index in [0.29, 0.717) is 31.5 Å². The van der Waals surface area contributed by atoms with E-state index in [-0.39, 0.29) is 12.5 Å². The van der Waals surface area contributed by atoms with Crippen molar-refractivity contribution in [3.05, 3.63) is 29.8 Å². The van der Waals surface area contributed by atoms with Gasteiger partial charge in [0.05, 0.1) is 5.60 Å². The van der Waals surface area contributed by atoms with Crippen LogP contribution in [0.2, 0.25) is 0 Å². The Kier molecular flexibility index (Phi) is 4.70. The van der Waals surface area contributed by atoms with E-state index < -0.39 is 17.1 Å². The Morgan fingerprint density at radius 2 is 2.09 bits per heavy atom. The monoisotopic (exact) mass is 310 g/mol. The van der Waals surface area contributed by atoms with Gasteiger partial charge in [0.1, 0.15) is 5.60 Å². The van der Waals surface area contributed by atoms with E-state index in [0.717, 1.165) is 0 Å². The number of piperidine rings is 1. The van der Waals surface area contributed by atoms with Crippen molar-refractivity contribution in [1.82, 2.24) is 9.88 Å². The van der Waals surface area contributed by atoms with Crippen LogP contribution in [0.3, 0.4) is 0 Å². The van der Waals surface area contributed by atoms with Crippen LogP contribution in [0.4, 0.5) is 9.18 Å². The van der Waals surface area contributed by atoms with Crippen molar-refractivity contribution >= 4 is 6.09 Å². The summed E-state index contributed by atoms with van der Waals surface area (Å²) in [5.74, 6) is -0.550. The molecule has 5 nitrogen and oxygen atoms in total. The molecule has 122 valence electrons.